The molecule has 0 saturated carbocycles. The van der Waals surface area contributed by atoms with E-state index < -0.39 is 11.2 Å². The number of H-pyrrole nitrogens is 1. The van der Waals surface area contributed by atoms with Crippen LogP contribution in [-0.2, 0) is 17.8 Å². The molecule has 0 spiro atoms. The summed E-state index contributed by atoms with van der Waals surface area (Å²) in [7, 11) is 0. The van der Waals surface area contributed by atoms with E-state index in [1.54, 1.807) is 30.5 Å². The van der Waals surface area contributed by atoms with Crippen molar-refractivity contribution in [2.24, 2.45) is 0 Å². The van der Waals surface area contributed by atoms with Crippen LogP contribution in [0.1, 0.15) is 16.9 Å². The Morgan fingerprint density at radius 2 is 1.90 bits per heavy atom. The van der Waals surface area contributed by atoms with Gasteiger partial charge in [-0.15, -0.1) is 11.3 Å². The highest BCUT2D eigenvalue weighted by molar-refractivity contribution is 7.15. The lowest BCUT2D eigenvalue weighted by molar-refractivity contribution is -0.116. The van der Waals surface area contributed by atoms with E-state index in [0.29, 0.717) is 27.5 Å². The molecule has 4 aromatic rings. The number of carbonyl (C=O) groups is 1. The highest BCUT2D eigenvalue weighted by Crippen LogP contribution is 2.24. The zero-order chi connectivity index (χ0) is 21.1. The van der Waals surface area contributed by atoms with Gasteiger partial charge in [-0.1, -0.05) is 41.9 Å². The van der Waals surface area contributed by atoms with Gasteiger partial charge < -0.3 is 5.32 Å². The molecule has 0 unspecified atom stereocenters. The van der Waals surface area contributed by atoms with Crippen molar-refractivity contribution in [1.82, 2.24) is 14.5 Å². The number of anilines is 1. The zero-order valence-electron chi connectivity index (χ0n) is 15.7. The summed E-state index contributed by atoms with van der Waals surface area (Å²) in [5, 5.41) is 4.34. The van der Waals surface area contributed by atoms with Gasteiger partial charge in [0.2, 0.25) is 5.91 Å². The summed E-state index contributed by atoms with van der Waals surface area (Å²) in [4.78, 5) is 44.0. The van der Waals surface area contributed by atoms with Crippen LogP contribution < -0.4 is 16.6 Å². The van der Waals surface area contributed by atoms with Crippen molar-refractivity contribution in [2.75, 3.05) is 5.32 Å². The molecule has 0 saturated heterocycles. The molecular formula is C21H17ClN4O3S. The van der Waals surface area contributed by atoms with Crippen LogP contribution in [0.25, 0.3) is 10.9 Å². The first-order chi connectivity index (χ1) is 14.5. The van der Waals surface area contributed by atoms with Crippen LogP contribution in [0.3, 0.4) is 0 Å². The average Bonchev–Trinajstić information content (AvgIpc) is 3.16. The fourth-order valence-electron chi connectivity index (χ4n) is 3.14. The van der Waals surface area contributed by atoms with Crippen molar-refractivity contribution in [3.63, 3.8) is 0 Å². The van der Waals surface area contributed by atoms with Crippen LogP contribution in [0.15, 0.2) is 64.3 Å². The van der Waals surface area contributed by atoms with Crippen molar-refractivity contribution in [2.45, 2.75) is 19.4 Å². The van der Waals surface area contributed by atoms with Crippen LogP contribution in [0, 0.1) is 0 Å². The highest BCUT2D eigenvalue weighted by Gasteiger charge is 2.11. The normalized spacial score (nSPS) is 11.0. The Bertz CT molecular complexity index is 1340. The standard InChI is InChI=1S/C21H17ClN4O3S/c22-16-7-3-1-5-13(16)11-14-12-23-20(30-14)24-18(27)9-10-26-17-8-4-2-6-15(17)19(28)25-21(26)29/h1-8,12H,9-11H2,(H,23,24,27)(H,25,28,29). The SMILES string of the molecule is O=C(CCn1c(=O)[nH]c(=O)c2ccccc21)Nc1ncc(Cc2ccccc2Cl)s1. The van der Waals surface area contributed by atoms with Crippen molar-refractivity contribution < 1.29 is 4.79 Å². The fraction of sp³-hybridized carbons (Fsp3) is 0.143. The Balaban J connectivity index is 1.42. The van der Waals surface area contributed by atoms with Gasteiger partial charge in [-0.3, -0.25) is 19.1 Å². The summed E-state index contributed by atoms with van der Waals surface area (Å²) in [6.07, 6.45) is 2.41. The first-order valence-corrected chi connectivity index (χ1v) is 10.4. The maximum atomic E-state index is 12.4. The molecule has 0 atom stereocenters. The number of rotatable bonds is 6. The van der Waals surface area contributed by atoms with Gasteiger partial charge in [0, 0.05) is 35.5 Å². The minimum atomic E-state index is -0.539. The summed E-state index contributed by atoms with van der Waals surface area (Å²) in [6.45, 7) is 0.139. The van der Waals surface area contributed by atoms with E-state index in [2.05, 4.69) is 15.3 Å². The molecule has 2 heterocycles. The molecule has 2 aromatic heterocycles. The number of hydrogen-bond acceptors (Lipinski definition) is 5. The van der Waals surface area contributed by atoms with Crippen LogP contribution in [0.5, 0.6) is 0 Å². The lowest BCUT2D eigenvalue weighted by Gasteiger charge is -2.09. The van der Waals surface area contributed by atoms with Crippen molar-refractivity contribution in [3.8, 4) is 0 Å². The minimum Gasteiger partial charge on any atom is -0.302 e. The smallest absolute Gasteiger partial charge is 0.302 e. The Labute approximate surface area is 180 Å². The molecule has 0 bridgehead atoms. The Hall–Kier alpha value is -3.23. The third-order valence-corrected chi connectivity index (χ3v) is 5.87. The minimum absolute atomic E-state index is 0.0649. The highest BCUT2D eigenvalue weighted by atomic mass is 35.5. The molecule has 7 nitrogen and oxygen atoms in total. The summed E-state index contributed by atoms with van der Waals surface area (Å²) < 4.78 is 1.39. The third kappa shape index (κ3) is 4.34. The van der Waals surface area contributed by atoms with E-state index >= 15 is 0 Å². The number of aromatic amines is 1. The van der Waals surface area contributed by atoms with Crippen molar-refractivity contribution in [1.29, 1.82) is 0 Å². The monoisotopic (exact) mass is 440 g/mol. The Kier molecular flexibility index (Phi) is 5.78. The van der Waals surface area contributed by atoms with E-state index in [-0.39, 0.29) is 18.9 Å². The van der Waals surface area contributed by atoms with Crippen molar-refractivity contribution in [3.05, 3.63) is 91.0 Å². The number of aromatic nitrogens is 3. The number of halogens is 1. The number of para-hydroxylation sites is 1. The predicted octanol–water partition coefficient (Wildman–Crippen LogP) is 3.42. The molecule has 0 radical (unpaired) electrons. The van der Waals surface area contributed by atoms with Crippen molar-refractivity contribution >= 4 is 44.9 Å². The lowest BCUT2D eigenvalue weighted by Crippen LogP contribution is -2.31. The number of thiazole rings is 1. The second-order valence-electron chi connectivity index (χ2n) is 6.63. The molecule has 2 N–H and O–H groups in total. The van der Waals surface area contributed by atoms with E-state index in [0.717, 1.165) is 10.4 Å². The molecule has 0 aliphatic heterocycles. The Morgan fingerprint density at radius 3 is 2.73 bits per heavy atom. The van der Waals surface area contributed by atoms with Gasteiger partial charge in [0.25, 0.3) is 5.56 Å². The first-order valence-electron chi connectivity index (χ1n) is 9.21. The first kappa shape index (κ1) is 20.1. The van der Waals surface area contributed by atoms with Gasteiger partial charge >= 0.3 is 5.69 Å². The molecular weight excluding hydrogens is 424 g/mol. The van der Waals surface area contributed by atoms with E-state index in [1.807, 2.05) is 24.3 Å². The molecule has 2 aromatic carbocycles. The summed E-state index contributed by atoms with van der Waals surface area (Å²) in [5.74, 6) is -0.268. The number of benzene rings is 2. The molecule has 30 heavy (non-hydrogen) atoms. The number of fused-ring (bicyclic) bond motifs is 1. The van der Waals surface area contributed by atoms with Gasteiger partial charge in [0.05, 0.1) is 10.9 Å². The third-order valence-electron chi connectivity index (χ3n) is 4.59. The number of hydrogen-bond donors (Lipinski definition) is 2. The second-order valence-corrected chi connectivity index (χ2v) is 8.15. The zero-order valence-corrected chi connectivity index (χ0v) is 17.3. The number of carbonyl (C=O) groups excluding carboxylic acids is 1. The molecule has 0 fully saturated rings. The number of nitrogens with zero attached hydrogens (tertiary/aromatic N) is 2. The molecule has 4 rings (SSSR count). The maximum absolute atomic E-state index is 12.4. The largest absolute Gasteiger partial charge is 0.328 e. The van der Waals surface area contributed by atoms with Gasteiger partial charge in [0.1, 0.15) is 0 Å². The van der Waals surface area contributed by atoms with E-state index in [4.69, 9.17) is 11.6 Å². The number of amides is 1. The summed E-state index contributed by atoms with van der Waals surface area (Å²) >= 11 is 7.57. The average molecular weight is 441 g/mol. The van der Waals surface area contributed by atoms with Gasteiger partial charge in [0.15, 0.2) is 5.13 Å². The number of aryl methyl sites for hydroxylation is 1. The van der Waals surface area contributed by atoms with Crippen LogP contribution in [0.2, 0.25) is 5.02 Å². The lowest BCUT2D eigenvalue weighted by atomic mass is 10.1. The van der Waals surface area contributed by atoms with E-state index in [1.165, 1.54) is 15.9 Å². The van der Waals surface area contributed by atoms with Crippen LogP contribution in [0.4, 0.5) is 5.13 Å². The van der Waals surface area contributed by atoms with Gasteiger partial charge in [-0.05, 0) is 23.8 Å². The molecule has 0 aliphatic carbocycles. The topological polar surface area (TPSA) is 96.9 Å². The molecule has 0 aliphatic rings. The van der Waals surface area contributed by atoms with Crippen LogP contribution in [-0.4, -0.2) is 20.4 Å². The summed E-state index contributed by atoms with van der Waals surface area (Å²) in [6, 6.07) is 14.4. The number of nitrogens with one attached hydrogen (secondary N) is 2. The molecule has 1 amide bonds. The predicted molar refractivity (Wildman–Crippen MR) is 118 cm³/mol. The van der Waals surface area contributed by atoms with E-state index in [9.17, 15) is 14.4 Å². The van der Waals surface area contributed by atoms with Gasteiger partial charge in [-0.25, -0.2) is 9.78 Å². The van der Waals surface area contributed by atoms with Crippen LogP contribution >= 0.6 is 22.9 Å². The van der Waals surface area contributed by atoms with Gasteiger partial charge in [-0.2, -0.15) is 0 Å². The maximum Gasteiger partial charge on any atom is 0.328 e. The Morgan fingerprint density at radius 1 is 1.13 bits per heavy atom. The molecule has 152 valence electrons. The second kappa shape index (κ2) is 8.64. The molecule has 9 heteroatoms. The quantitative estimate of drug-likeness (QED) is 0.480. The summed E-state index contributed by atoms with van der Waals surface area (Å²) in [5.41, 5.74) is 0.508. The fourth-order valence-corrected chi connectivity index (χ4v) is 4.19.